The Morgan fingerprint density at radius 1 is 1.39 bits per heavy atom. The minimum atomic E-state index is 0.0175. The summed E-state index contributed by atoms with van der Waals surface area (Å²) in [5.74, 6) is 0.0175. The number of carbonyl (C=O) groups excluding carboxylic acids is 1. The molecule has 0 aliphatic carbocycles. The molecule has 5 heteroatoms. The van der Waals surface area contributed by atoms with Gasteiger partial charge < -0.3 is 4.90 Å². The van der Waals surface area contributed by atoms with Gasteiger partial charge in [-0.2, -0.15) is 5.10 Å². The molecule has 1 amide bonds. The lowest BCUT2D eigenvalue weighted by Crippen LogP contribution is -2.25. The third kappa shape index (κ3) is 2.92. The molecule has 4 nitrogen and oxygen atoms in total. The second kappa shape index (κ2) is 5.73. The van der Waals surface area contributed by atoms with E-state index >= 15 is 0 Å². The van der Waals surface area contributed by atoms with Gasteiger partial charge in [0, 0.05) is 35.8 Å². The SMILES string of the molecule is CSc1ccc(C(=O)N(C)Cc2cn[nH]c2)cc1. The number of nitrogens with zero attached hydrogens (tertiary/aromatic N) is 2. The average molecular weight is 261 g/mol. The number of aromatic nitrogens is 2. The lowest BCUT2D eigenvalue weighted by atomic mass is 10.2. The maximum atomic E-state index is 12.2. The first-order valence-electron chi connectivity index (χ1n) is 5.58. The Hall–Kier alpha value is -1.75. The van der Waals surface area contributed by atoms with Crippen LogP contribution in [0, 0.1) is 0 Å². The van der Waals surface area contributed by atoms with Crippen LogP contribution in [-0.2, 0) is 6.54 Å². The summed E-state index contributed by atoms with van der Waals surface area (Å²) in [4.78, 5) is 15.0. The average Bonchev–Trinajstić information content (AvgIpc) is 2.91. The van der Waals surface area contributed by atoms with Crippen LogP contribution in [0.4, 0.5) is 0 Å². The smallest absolute Gasteiger partial charge is 0.253 e. The van der Waals surface area contributed by atoms with Crippen molar-refractivity contribution in [1.29, 1.82) is 0 Å². The normalized spacial score (nSPS) is 10.3. The fourth-order valence-electron chi connectivity index (χ4n) is 1.66. The molecule has 94 valence electrons. The van der Waals surface area contributed by atoms with E-state index in [1.165, 1.54) is 0 Å². The molecule has 0 aliphatic rings. The predicted octanol–water partition coefficient (Wildman–Crippen LogP) is 2.40. The molecular formula is C13H15N3OS. The Labute approximate surface area is 110 Å². The standard InChI is InChI=1S/C13H15N3OS/c1-16(9-10-7-14-15-8-10)13(17)11-3-5-12(18-2)6-4-11/h3-8H,9H2,1-2H3,(H,14,15). The lowest BCUT2D eigenvalue weighted by molar-refractivity contribution is 0.0785. The zero-order valence-corrected chi connectivity index (χ0v) is 11.2. The van der Waals surface area contributed by atoms with Gasteiger partial charge in [-0.1, -0.05) is 0 Å². The molecule has 0 saturated heterocycles. The molecule has 0 unspecified atom stereocenters. The van der Waals surface area contributed by atoms with Gasteiger partial charge in [0.2, 0.25) is 0 Å². The quantitative estimate of drug-likeness (QED) is 0.860. The van der Waals surface area contributed by atoms with Crippen molar-refractivity contribution in [2.75, 3.05) is 13.3 Å². The highest BCUT2D eigenvalue weighted by Gasteiger charge is 2.12. The molecule has 0 radical (unpaired) electrons. The van der Waals surface area contributed by atoms with E-state index in [1.54, 1.807) is 36.1 Å². The number of hydrogen-bond donors (Lipinski definition) is 1. The molecule has 1 N–H and O–H groups in total. The highest BCUT2D eigenvalue weighted by molar-refractivity contribution is 7.98. The molecule has 1 aromatic heterocycles. The van der Waals surface area contributed by atoms with Crippen molar-refractivity contribution in [3.63, 3.8) is 0 Å². The van der Waals surface area contributed by atoms with Gasteiger partial charge in [0.05, 0.1) is 6.20 Å². The van der Waals surface area contributed by atoms with Crippen molar-refractivity contribution in [2.24, 2.45) is 0 Å². The summed E-state index contributed by atoms with van der Waals surface area (Å²) in [6.45, 7) is 0.555. The number of hydrogen-bond acceptors (Lipinski definition) is 3. The Morgan fingerprint density at radius 3 is 2.67 bits per heavy atom. The Balaban J connectivity index is 2.05. The van der Waals surface area contributed by atoms with Crippen LogP contribution >= 0.6 is 11.8 Å². The van der Waals surface area contributed by atoms with Gasteiger partial charge in [-0.15, -0.1) is 11.8 Å². The van der Waals surface area contributed by atoms with Crippen molar-refractivity contribution in [2.45, 2.75) is 11.4 Å². The molecule has 0 atom stereocenters. The fourth-order valence-corrected chi connectivity index (χ4v) is 2.07. The monoisotopic (exact) mass is 261 g/mol. The van der Waals surface area contributed by atoms with E-state index in [1.807, 2.05) is 30.5 Å². The van der Waals surface area contributed by atoms with Gasteiger partial charge in [0.15, 0.2) is 0 Å². The summed E-state index contributed by atoms with van der Waals surface area (Å²) in [7, 11) is 1.79. The summed E-state index contributed by atoms with van der Waals surface area (Å²) < 4.78 is 0. The number of thioether (sulfide) groups is 1. The molecule has 1 heterocycles. The van der Waals surface area contributed by atoms with Crippen LogP contribution in [0.15, 0.2) is 41.6 Å². The maximum Gasteiger partial charge on any atom is 0.253 e. The van der Waals surface area contributed by atoms with Crippen LogP contribution in [-0.4, -0.2) is 34.3 Å². The number of benzene rings is 1. The second-order valence-corrected chi connectivity index (χ2v) is 4.88. The molecule has 2 rings (SSSR count). The number of H-pyrrole nitrogens is 1. The second-order valence-electron chi connectivity index (χ2n) is 4.00. The lowest BCUT2D eigenvalue weighted by Gasteiger charge is -2.16. The molecule has 0 bridgehead atoms. The minimum Gasteiger partial charge on any atom is -0.337 e. The third-order valence-corrected chi connectivity index (χ3v) is 3.40. The number of nitrogens with one attached hydrogen (secondary N) is 1. The van der Waals surface area contributed by atoms with Crippen molar-refractivity contribution in [1.82, 2.24) is 15.1 Å². The molecular weight excluding hydrogens is 246 g/mol. The Morgan fingerprint density at radius 2 is 2.11 bits per heavy atom. The van der Waals surface area contributed by atoms with Gasteiger partial charge in [0.1, 0.15) is 0 Å². The summed E-state index contributed by atoms with van der Waals surface area (Å²) in [5.41, 5.74) is 1.70. The van der Waals surface area contributed by atoms with Gasteiger partial charge in [-0.05, 0) is 30.5 Å². The first-order valence-corrected chi connectivity index (χ1v) is 6.80. The first-order chi connectivity index (χ1) is 8.70. The molecule has 18 heavy (non-hydrogen) atoms. The number of rotatable bonds is 4. The van der Waals surface area contributed by atoms with E-state index in [-0.39, 0.29) is 5.91 Å². The van der Waals surface area contributed by atoms with Crippen LogP contribution in [0.25, 0.3) is 0 Å². The Bertz CT molecular complexity index is 508. The van der Waals surface area contributed by atoms with Crippen molar-refractivity contribution in [3.8, 4) is 0 Å². The molecule has 0 aliphatic heterocycles. The molecule has 0 fully saturated rings. The predicted molar refractivity (Wildman–Crippen MR) is 72.6 cm³/mol. The molecule has 1 aromatic carbocycles. The third-order valence-electron chi connectivity index (χ3n) is 2.66. The van der Waals surface area contributed by atoms with E-state index in [2.05, 4.69) is 10.2 Å². The van der Waals surface area contributed by atoms with E-state index in [0.29, 0.717) is 12.1 Å². The topological polar surface area (TPSA) is 49.0 Å². The first kappa shape index (κ1) is 12.7. The van der Waals surface area contributed by atoms with Crippen molar-refractivity contribution in [3.05, 3.63) is 47.8 Å². The van der Waals surface area contributed by atoms with Crippen LogP contribution in [0.5, 0.6) is 0 Å². The van der Waals surface area contributed by atoms with Gasteiger partial charge in [-0.25, -0.2) is 0 Å². The van der Waals surface area contributed by atoms with Crippen LogP contribution in [0.1, 0.15) is 15.9 Å². The van der Waals surface area contributed by atoms with E-state index in [4.69, 9.17) is 0 Å². The van der Waals surface area contributed by atoms with Gasteiger partial charge in [0.25, 0.3) is 5.91 Å². The van der Waals surface area contributed by atoms with E-state index in [0.717, 1.165) is 10.5 Å². The number of carbonyl (C=O) groups is 1. The van der Waals surface area contributed by atoms with Crippen molar-refractivity contribution >= 4 is 17.7 Å². The highest BCUT2D eigenvalue weighted by Crippen LogP contribution is 2.16. The summed E-state index contributed by atoms with van der Waals surface area (Å²) in [5, 5.41) is 6.60. The fraction of sp³-hybridized carbons (Fsp3) is 0.231. The summed E-state index contributed by atoms with van der Waals surface area (Å²) in [6, 6.07) is 7.65. The minimum absolute atomic E-state index is 0.0175. The van der Waals surface area contributed by atoms with E-state index in [9.17, 15) is 4.79 Å². The van der Waals surface area contributed by atoms with Gasteiger partial charge >= 0.3 is 0 Å². The largest absolute Gasteiger partial charge is 0.337 e. The van der Waals surface area contributed by atoms with Crippen LogP contribution in [0.3, 0.4) is 0 Å². The molecule has 0 spiro atoms. The van der Waals surface area contributed by atoms with Gasteiger partial charge in [-0.3, -0.25) is 9.89 Å². The summed E-state index contributed by atoms with van der Waals surface area (Å²) in [6.07, 6.45) is 5.53. The van der Waals surface area contributed by atoms with E-state index < -0.39 is 0 Å². The zero-order chi connectivity index (χ0) is 13.0. The van der Waals surface area contributed by atoms with Crippen molar-refractivity contribution < 1.29 is 4.79 Å². The van der Waals surface area contributed by atoms with Crippen LogP contribution < -0.4 is 0 Å². The Kier molecular flexibility index (Phi) is 4.04. The van der Waals surface area contributed by atoms with Crippen LogP contribution in [0.2, 0.25) is 0 Å². The maximum absolute atomic E-state index is 12.2. The highest BCUT2D eigenvalue weighted by atomic mass is 32.2. The molecule has 2 aromatic rings. The number of aromatic amines is 1. The zero-order valence-electron chi connectivity index (χ0n) is 10.4. The molecule has 0 saturated carbocycles. The summed E-state index contributed by atoms with van der Waals surface area (Å²) >= 11 is 1.66. The number of amides is 1.